The van der Waals surface area contributed by atoms with Gasteiger partial charge in [0.2, 0.25) is 0 Å². The van der Waals surface area contributed by atoms with Gasteiger partial charge in [-0.3, -0.25) is 0 Å². The second-order valence-corrected chi connectivity index (χ2v) is 2.28. The summed E-state index contributed by atoms with van der Waals surface area (Å²) < 4.78 is 27.5. The average molecular weight is 163 g/mol. The van der Waals surface area contributed by atoms with Crippen molar-refractivity contribution in [1.82, 2.24) is 0 Å². The third kappa shape index (κ3) is 7.20. The van der Waals surface area contributed by atoms with Crippen molar-refractivity contribution in [3.63, 3.8) is 0 Å². The fraction of sp³-hybridized carbons (Fsp3) is 0.857. The summed E-state index contributed by atoms with van der Waals surface area (Å²) in [5.41, 5.74) is 0. The molecule has 0 aromatic carbocycles. The van der Waals surface area contributed by atoms with Crippen molar-refractivity contribution in [3.8, 4) is 6.07 Å². The van der Waals surface area contributed by atoms with Crippen molar-refractivity contribution in [1.29, 1.82) is 5.26 Å². The molecule has 0 fully saturated rings. The number of halogens is 2. The minimum Gasteiger partial charge on any atom is -0.375 e. The van der Waals surface area contributed by atoms with Crippen LogP contribution in [0.4, 0.5) is 8.78 Å². The minimum absolute atomic E-state index is 0.118. The van der Waals surface area contributed by atoms with Crippen LogP contribution in [0.15, 0.2) is 0 Å². The van der Waals surface area contributed by atoms with Crippen LogP contribution >= 0.6 is 0 Å². The first kappa shape index (κ1) is 10.3. The molecule has 0 saturated carbocycles. The summed E-state index contributed by atoms with van der Waals surface area (Å²) in [6.45, 7) is 1.43. The molecule has 0 aliphatic heterocycles. The molecule has 0 saturated heterocycles. The number of hydrogen-bond donors (Lipinski definition) is 0. The Hall–Kier alpha value is -0.690. The highest BCUT2D eigenvalue weighted by atomic mass is 19.3. The van der Waals surface area contributed by atoms with Gasteiger partial charge in [0.15, 0.2) is 0 Å². The number of nitrogens with zero attached hydrogens (tertiary/aromatic N) is 1. The summed E-state index contributed by atoms with van der Waals surface area (Å²) in [6, 6.07) is 1.99. The van der Waals surface area contributed by atoms with Gasteiger partial charge in [-0.2, -0.15) is 5.26 Å². The van der Waals surface area contributed by atoms with Gasteiger partial charge in [0.05, 0.1) is 6.07 Å². The lowest BCUT2D eigenvalue weighted by Gasteiger charge is -2.03. The Morgan fingerprint density at radius 2 is 2.18 bits per heavy atom. The van der Waals surface area contributed by atoms with Gasteiger partial charge >= 0.3 is 0 Å². The van der Waals surface area contributed by atoms with E-state index in [1.807, 2.05) is 6.07 Å². The highest BCUT2D eigenvalue weighted by molar-refractivity contribution is 4.77. The van der Waals surface area contributed by atoms with E-state index in [1.54, 1.807) is 6.92 Å². The van der Waals surface area contributed by atoms with E-state index in [4.69, 9.17) is 5.26 Å². The van der Waals surface area contributed by atoms with E-state index in [1.165, 1.54) is 0 Å². The first-order chi connectivity index (χ1) is 5.16. The first-order valence-corrected chi connectivity index (χ1v) is 3.42. The third-order valence-electron chi connectivity index (χ3n) is 1.16. The SMILES string of the molecule is CC(C#N)CCOCC(F)F. The molecular weight excluding hydrogens is 152 g/mol. The summed E-state index contributed by atoms with van der Waals surface area (Å²) in [5.74, 6) is -0.118. The predicted molar refractivity (Wildman–Crippen MR) is 36.2 cm³/mol. The number of alkyl halides is 2. The van der Waals surface area contributed by atoms with E-state index in [2.05, 4.69) is 4.74 Å². The Kier molecular flexibility index (Phi) is 5.67. The van der Waals surface area contributed by atoms with Crippen LogP contribution < -0.4 is 0 Å². The van der Waals surface area contributed by atoms with Crippen LogP contribution in [-0.2, 0) is 4.74 Å². The molecule has 0 aliphatic carbocycles. The van der Waals surface area contributed by atoms with E-state index < -0.39 is 13.0 Å². The van der Waals surface area contributed by atoms with Gasteiger partial charge in [-0.25, -0.2) is 8.78 Å². The zero-order valence-electron chi connectivity index (χ0n) is 6.39. The van der Waals surface area contributed by atoms with Crippen molar-refractivity contribution >= 4 is 0 Å². The van der Waals surface area contributed by atoms with Gasteiger partial charge in [0.25, 0.3) is 6.43 Å². The van der Waals surface area contributed by atoms with E-state index in [0.717, 1.165) is 0 Å². The summed E-state index contributed by atoms with van der Waals surface area (Å²) in [6.07, 6.45) is -1.89. The Balaban J connectivity index is 3.10. The normalized spacial score (nSPS) is 13.0. The zero-order valence-corrected chi connectivity index (χ0v) is 6.39. The lowest BCUT2D eigenvalue weighted by atomic mass is 10.1. The first-order valence-electron chi connectivity index (χ1n) is 3.42. The van der Waals surface area contributed by atoms with E-state index in [0.29, 0.717) is 6.42 Å². The smallest absolute Gasteiger partial charge is 0.261 e. The molecule has 1 atom stereocenters. The second-order valence-electron chi connectivity index (χ2n) is 2.28. The molecule has 2 nitrogen and oxygen atoms in total. The molecule has 11 heavy (non-hydrogen) atoms. The van der Waals surface area contributed by atoms with Crippen LogP contribution in [0, 0.1) is 17.2 Å². The molecule has 0 bridgehead atoms. The van der Waals surface area contributed by atoms with Crippen molar-refractivity contribution < 1.29 is 13.5 Å². The zero-order chi connectivity index (χ0) is 8.69. The lowest BCUT2D eigenvalue weighted by molar-refractivity contribution is 0.0149. The van der Waals surface area contributed by atoms with E-state index in [-0.39, 0.29) is 12.5 Å². The summed E-state index contributed by atoms with van der Waals surface area (Å²) >= 11 is 0. The van der Waals surface area contributed by atoms with E-state index >= 15 is 0 Å². The van der Waals surface area contributed by atoms with Gasteiger partial charge in [-0.1, -0.05) is 0 Å². The van der Waals surface area contributed by atoms with Crippen LogP contribution in [0.5, 0.6) is 0 Å². The maximum absolute atomic E-state index is 11.5. The van der Waals surface area contributed by atoms with Crippen LogP contribution in [-0.4, -0.2) is 19.6 Å². The van der Waals surface area contributed by atoms with Crippen molar-refractivity contribution in [2.24, 2.45) is 5.92 Å². The average Bonchev–Trinajstić information content (AvgIpc) is 1.97. The Morgan fingerprint density at radius 3 is 2.64 bits per heavy atom. The Morgan fingerprint density at radius 1 is 1.55 bits per heavy atom. The summed E-state index contributed by atoms with van der Waals surface area (Å²) in [5, 5.41) is 8.29. The molecule has 0 amide bonds. The number of ether oxygens (including phenoxy) is 1. The number of nitriles is 1. The third-order valence-corrected chi connectivity index (χ3v) is 1.16. The van der Waals surface area contributed by atoms with Gasteiger partial charge in [-0.05, 0) is 13.3 Å². The topological polar surface area (TPSA) is 33.0 Å². The molecule has 0 aliphatic rings. The fourth-order valence-corrected chi connectivity index (χ4v) is 0.497. The van der Waals surface area contributed by atoms with Crippen molar-refractivity contribution in [2.45, 2.75) is 19.8 Å². The molecule has 1 unspecified atom stereocenters. The molecule has 0 radical (unpaired) electrons. The minimum atomic E-state index is -2.41. The molecule has 0 rings (SSSR count). The van der Waals surface area contributed by atoms with E-state index in [9.17, 15) is 8.78 Å². The number of hydrogen-bond acceptors (Lipinski definition) is 2. The van der Waals surface area contributed by atoms with Crippen LogP contribution in [0.25, 0.3) is 0 Å². The summed E-state index contributed by atoms with van der Waals surface area (Å²) in [4.78, 5) is 0. The van der Waals surface area contributed by atoms with Gasteiger partial charge in [0, 0.05) is 12.5 Å². The van der Waals surface area contributed by atoms with Crippen LogP contribution in [0.1, 0.15) is 13.3 Å². The molecule has 0 N–H and O–H groups in total. The predicted octanol–water partition coefficient (Wildman–Crippen LogP) is 1.82. The second kappa shape index (κ2) is 6.05. The highest BCUT2D eigenvalue weighted by Gasteiger charge is 2.03. The molecule has 0 aromatic rings. The molecule has 0 aromatic heterocycles. The molecule has 0 heterocycles. The Bertz CT molecular complexity index is 133. The molecule has 4 heteroatoms. The highest BCUT2D eigenvalue weighted by Crippen LogP contribution is 2.00. The maximum Gasteiger partial charge on any atom is 0.261 e. The van der Waals surface area contributed by atoms with Gasteiger partial charge < -0.3 is 4.74 Å². The monoisotopic (exact) mass is 163 g/mol. The van der Waals surface area contributed by atoms with Gasteiger partial charge in [0.1, 0.15) is 6.61 Å². The number of rotatable bonds is 5. The van der Waals surface area contributed by atoms with Crippen LogP contribution in [0.2, 0.25) is 0 Å². The van der Waals surface area contributed by atoms with Crippen LogP contribution in [0.3, 0.4) is 0 Å². The quantitative estimate of drug-likeness (QED) is 0.579. The standard InChI is InChI=1S/C7H11F2NO/c1-6(4-10)2-3-11-5-7(8)9/h6-7H,2-3,5H2,1H3. The van der Waals surface area contributed by atoms with Crippen molar-refractivity contribution in [3.05, 3.63) is 0 Å². The van der Waals surface area contributed by atoms with Crippen molar-refractivity contribution in [2.75, 3.05) is 13.2 Å². The maximum atomic E-state index is 11.5. The lowest BCUT2D eigenvalue weighted by Crippen LogP contribution is -2.07. The molecule has 64 valence electrons. The Labute approximate surface area is 64.8 Å². The fourth-order valence-electron chi connectivity index (χ4n) is 0.497. The van der Waals surface area contributed by atoms with Gasteiger partial charge in [-0.15, -0.1) is 0 Å². The molecule has 0 spiro atoms. The summed E-state index contributed by atoms with van der Waals surface area (Å²) in [7, 11) is 0. The molecular formula is C7H11F2NO. The largest absolute Gasteiger partial charge is 0.375 e.